The SMILES string of the molecule is NN(C(=O)[C@H](O)[C@@H](O)[C@H](O)[C@H](O)CO)c1ccccc1. The maximum atomic E-state index is 11.8. The van der Waals surface area contributed by atoms with Crippen molar-refractivity contribution in [2.24, 2.45) is 5.84 Å². The number of amides is 1. The van der Waals surface area contributed by atoms with E-state index in [1.54, 1.807) is 18.2 Å². The molecule has 112 valence electrons. The van der Waals surface area contributed by atoms with E-state index in [0.717, 1.165) is 0 Å². The zero-order chi connectivity index (χ0) is 15.3. The zero-order valence-corrected chi connectivity index (χ0v) is 10.6. The molecule has 1 rings (SSSR count). The van der Waals surface area contributed by atoms with Gasteiger partial charge in [-0.2, -0.15) is 0 Å². The smallest absolute Gasteiger partial charge is 0.272 e. The minimum Gasteiger partial charge on any atom is -0.394 e. The summed E-state index contributed by atoms with van der Waals surface area (Å²) in [5.74, 6) is 4.44. The second kappa shape index (κ2) is 7.29. The predicted molar refractivity (Wildman–Crippen MR) is 69.2 cm³/mol. The molecule has 20 heavy (non-hydrogen) atoms. The number of nitrogens with two attached hydrogens (primary N) is 1. The van der Waals surface area contributed by atoms with Crippen LogP contribution in [0.3, 0.4) is 0 Å². The van der Waals surface area contributed by atoms with Crippen molar-refractivity contribution in [3.8, 4) is 0 Å². The van der Waals surface area contributed by atoms with Crippen molar-refractivity contribution < 1.29 is 30.3 Å². The van der Waals surface area contributed by atoms with Crippen LogP contribution in [0.5, 0.6) is 0 Å². The molecule has 0 radical (unpaired) electrons. The second-order valence-electron chi connectivity index (χ2n) is 4.22. The molecule has 0 fully saturated rings. The first-order chi connectivity index (χ1) is 9.40. The Labute approximate surface area is 115 Å². The van der Waals surface area contributed by atoms with Crippen LogP contribution in [0, 0.1) is 0 Å². The summed E-state index contributed by atoms with van der Waals surface area (Å²) in [5.41, 5.74) is 0.279. The Kier molecular flexibility index (Phi) is 6.02. The van der Waals surface area contributed by atoms with E-state index in [1.807, 2.05) is 0 Å². The van der Waals surface area contributed by atoms with Gasteiger partial charge in [0, 0.05) is 0 Å². The number of hydrogen-bond acceptors (Lipinski definition) is 7. The van der Waals surface area contributed by atoms with Gasteiger partial charge in [-0.05, 0) is 12.1 Å². The average molecular weight is 286 g/mol. The van der Waals surface area contributed by atoms with E-state index in [-0.39, 0.29) is 5.69 Å². The van der Waals surface area contributed by atoms with Gasteiger partial charge in [0.1, 0.15) is 18.3 Å². The number of aliphatic hydroxyl groups is 5. The first-order valence-electron chi connectivity index (χ1n) is 5.87. The van der Waals surface area contributed by atoms with Gasteiger partial charge in [-0.3, -0.25) is 4.79 Å². The Balaban J connectivity index is 2.76. The monoisotopic (exact) mass is 286 g/mol. The molecule has 1 amide bonds. The lowest BCUT2D eigenvalue weighted by Crippen LogP contribution is -2.54. The molecule has 0 aromatic heterocycles. The van der Waals surface area contributed by atoms with Gasteiger partial charge in [0.15, 0.2) is 6.10 Å². The Morgan fingerprint density at radius 1 is 1.10 bits per heavy atom. The van der Waals surface area contributed by atoms with E-state index in [0.29, 0.717) is 5.01 Å². The number of para-hydroxylation sites is 1. The van der Waals surface area contributed by atoms with Crippen LogP contribution in [-0.2, 0) is 4.79 Å². The maximum absolute atomic E-state index is 11.8. The number of carbonyl (C=O) groups excluding carboxylic acids is 1. The first-order valence-corrected chi connectivity index (χ1v) is 5.87. The minimum atomic E-state index is -2.04. The molecule has 0 aliphatic rings. The number of rotatable bonds is 6. The van der Waals surface area contributed by atoms with Crippen LogP contribution in [-0.4, -0.2) is 62.5 Å². The summed E-state index contributed by atoms with van der Waals surface area (Å²) in [4.78, 5) is 11.8. The van der Waals surface area contributed by atoms with Crippen LogP contribution in [0.2, 0.25) is 0 Å². The molecule has 4 atom stereocenters. The minimum absolute atomic E-state index is 0.279. The third-order valence-corrected chi connectivity index (χ3v) is 2.78. The van der Waals surface area contributed by atoms with Crippen molar-refractivity contribution >= 4 is 11.6 Å². The lowest BCUT2D eigenvalue weighted by Gasteiger charge is -2.27. The van der Waals surface area contributed by atoms with Gasteiger partial charge in [-0.1, -0.05) is 18.2 Å². The van der Waals surface area contributed by atoms with Gasteiger partial charge in [-0.25, -0.2) is 10.9 Å². The lowest BCUT2D eigenvalue weighted by atomic mass is 10.0. The maximum Gasteiger partial charge on any atom is 0.272 e. The van der Waals surface area contributed by atoms with E-state index < -0.39 is 36.9 Å². The molecule has 8 nitrogen and oxygen atoms in total. The highest BCUT2D eigenvalue weighted by Gasteiger charge is 2.36. The standard InChI is InChI=1S/C12H18N2O6/c13-14(7-4-2-1-3-5-7)12(20)11(19)10(18)9(17)8(16)6-15/h1-5,8-11,15-19H,6,13H2/t8-,9-,10+,11-/m1/s1. The Bertz CT molecular complexity index is 429. The highest BCUT2D eigenvalue weighted by atomic mass is 16.4. The molecule has 8 heteroatoms. The Morgan fingerprint density at radius 3 is 2.15 bits per heavy atom. The molecule has 0 saturated carbocycles. The Morgan fingerprint density at radius 2 is 1.65 bits per heavy atom. The summed E-state index contributed by atoms with van der Waals surface area (Å²) in [6.45, 7) is -0.829. The van der Waals surface area contributed by atoms with E-state index in [4.69, 9.17) is 16.1 Å². The molecule has 7 N–H and O–H groups in total. The van der Waals surface area contributed by atoms with Crippen molar-refractivity contribution in [1.29, 1.82) is 0 Å². The van der Waals surface area contributed by atoms with Crippen LogP contribution in [0.4, 0.5) is 5.69 Å². The van der Waals surface area contributed by atoms with Gasteiger partial charge in [0.2, 0.25) is 0 Å². The summed E-state index contributed by atoms with van der Waals surface area (Å²) in [6.07, 6.45) is -7.60. The lowest BCUT2D eigenvalue weighted by molar-refractivity contribution is -0.146. The number of aliphatic hydroxyl groups excluding tert-OH is 5. The zero-order valence-electron chi connectivity index (χ0n) is 10.6. The predicted octanol–water partition coefficient (Wildman–Crippen LogP) is -2.67. The van der Waals surface area contributed by atoms with Crippen LogP contribution >= 0.6 is 0 Å². The summed E-state index contributed by atoms with van der Waals surface area (Å²) < 4.78 is 0. The van der Waals surface area contributed by atoms with Crippen molar-refractivity contribution in [1.82, 2.24) is 0 Å². The molecule has 0 aliphatic heterocycles. The van der Waals surface area contributed by atoms with E-state index in [2.05, 4.69) is 0 Å². The van der Waals surface area contributed by atoms with Crippen LogP contribution in [0.1, 0.15) is 0 Å². The summed E-state index contributed by atoms with van der Waals surface area (Å²) in [6, 6.07) is 7.96. The van der Waals surface area contributed by atoms with Gasteiger partial charge in [0.05, 0.1) is 12.3 Å². The van der Waals surface area contributed by atoms with Crippen LogP contribution in [0.25, 0.3) is 0 Å². The number of carbonyl (C=O) groups is 1. The molecule has 0 saturated heterocycles. The molecular formula is C12H18N2O6. The first kappa shape index (κ1) is 16.5. The fourth-order valence-electron chi connectivity index (χ4n) is 1.53. The average Bonchev–Trinajstić information content (AvgIpc) is 2.51. The van der Waals surface area contributed by atoms with Crippen molar-refractivity contribution in [2.75, 3.05) is 11.6 Å². The van der Waals surface area contributed by atoms with E-state index in [1.165, 1.54) is 12.1 Å². The largest absolute Gasteiger partial charge is 0.394 e. The van der Waals surface area contributed by atoms with Crippen molar-refractivity contribution in [3.05, 3.63) is 30.3 Å². The molecule has 1 aromatic rings. The highest BCUT2D eigenvalue weighted by Crippen LogP contribution is 2.13. The molecule has 0 aliphatic carbocycles. The van der Waals surface area contributed by atoms with E-state index in [9.17, 15) is 20.1 Å². The van der Waals surface area contributed by atoms with Gasteiger partial charge < -0.3 is 25.5 Å². The number of benzene rings is 1. The topological polar surface area (TPSA) is 147 Å². The van der Waals surface area contributed by atoms with Gasteiger partial charge in [-0.15, -0.1) is 0 Å². The van der Waals surface area contributed by atoms with E-state index >= 15 is 0 Å². The fourth-order valence-corrected chi connectivity index (χ4v) is 1.53. The van der Waals surface area contributed by atoms with Crippen LogP contribution in [0.15, 0.2) is 30.3 Å². The Hall–Kier alpha value is -1.55. The quantitative estimate of drug-likeness (QED) is 0.190. The van der Waals surface area contributed by atoms with Crippen LogP contribution < -0.4 is 10.9 Å². The third-order valence-electron chi connectivity index (χ3n) is 2.78. The number of nitrogens with zero attached hydrogens (tertiary/aromatic N) is 1. The second-order valence-corrected chi connectivity index (χ2v) is 4.22. The molecule has 0 unspecified atom stereocenters. The normalized spacial score (nSPS) is 17.1. The molecule has 1 aromatic carbocycles. The summed E-state index contributed by atoms with van der Waals surface area (Å²) in [5, 5.41) is 47.1. The van der Waals surface area contributed by atoms with Gasteiger partial charge >= 0.3 is 0 Å². The third kappa shape index (κ3) is 3.73. The molecule has 0 spiro atoms. The number of hydrogen-bond donors (Lipinski definition) is 6. The van der Waals surface area contributed by atoms with Crippen molar-refractivity contribution in [2.45, 2.75) is 24.4 Å². The fraction of sp³-hybridized carbons (Fsp3) is 0.417. The van der Waals surface area contributed by atoms with Crippen molar-refractivity contribution in [3.63, 3.8) is 0 Å². The molecule has 0 bridgehead atoms. The highest BCUT2D eigenvalue weighted by molar-refractivity contribution is 5.95. The summed E-state index contributed by atoms with van der Waals surface area (Å²) in [7, 11) is 0. The number of anilines is 1. The number of hydrazine groups is 1. The molecule has 0 heterocycles. The summed E-state index contributed by atoms with van der Waals surface area (Å²) >= 11 is 0. The van der Waals surface area contributed by atoms with Gasteiger partial charge in [0.25, 0.3) is 5.91 Å². The molecular weight excluding hydrogens is 268 g/mol.